The molecule has 1 aliphatic rings. The van der Waals surface area contributed by atoms with Gasteiger partial charge in [0.2, 0.25) is 15.9 Å². The lowest BCUT2D eigenvalue weighted by molar-refractivity contribution is -0.141. The molecule has 2 amide bonds. The maximum atomic E-state index is 13.5. The van der Waals surface area contributed by atoms with Crippen LogP contribution in [0.15, 0.2) is 71.8 Å². The number of aromatic nitrogens is 2. The van der Waals surface area contributed by atoms with Crippen LogP contribution in [0.2, 0.25) is 0 Å². The summed E-state index contributed by atoms with van der Waals surface area (Å²) >= 11 is 0. The summed E-state index contributed by atoms with van der Waals surface area (Å²) in [6.07, 6.45) is -3.18. The largest absolute Gasteiger partial charge is 0.435 e. The third kappa shape index (κ3) is 6.48. The van der Waals surface area contributed by atoms with E-state index in [1.165, 1.54) is 16.4 Å². The zero-order valence-corrected chi connectivity index (χ0v) is 21.9. The van der Waals surface area contributed by atoms with E-state index in [9.17, 15) is 31.2 Å². The summed E-state index contributed by atoms with van der Waals surface area (Å²) in [5, 5.41) is 8.62. The Labute approximate surface area is 224 Å². The van der Waals surface area contributed by atoms with Gasteiger partial charge in [-0.05, 0) is 44.0 Å². The lowest BCUT2D eigenvalue weighted by Crippen LogP contribution is -2.48. The van der Waals surface area contributed by atoms with Gasteiger partial charge in [0.15, 0.2) is 5.69 Å². The molecule has 4 rings (SSSR count). The zero-order chi connectivity index (χ0) is 28.2. The number of alkyl halides is 3. The van der Waals surface area contributed by atoms with Gasteiger partial charge < -0.3 is 10.6 Å². The fourth-order valence-electron chi connectivity index (χ4n) is 4.54. The van der Waals surface area contributed by atoms with E-state index in [0.29, 0.717) is 18.5 Å². The second kappa shape index (κ2) is 11.6. The van der Waals surface area contributed by atoms with Crippen molar-refractivity contribution in [2.75, 3.05) is 19.6 Å². The number of carbonyl (C=O) groups excluding carboxylic acids is 2. The first-order chi connectivity index (χ1) is 18.5. The number of carbonyl (C=O) groups is 2. The Morgan fingerprint density at radius 2 is 1.62 bits per heavy atom. The number of para-hydroxylation sites is 1. The molecule has 39 heavy (non-hydrogen) atoms. The molecular weight excluding hydrogens is 535 g/mol. The van der Waals surface area contributed by atoms with E-state index in [1.54, 1.807) is 55.5 Å². The Bertz CT molecular complexity index is 1410. The fraction of sp³-hybridized carbons (Fsp3) is 0.346. The van der Waals surface area contributed by atoms with Crippen LogP contribution in [-0.4, -0.2) is 60.0 Å². The number of nitrogens with zero attached hydrogens (tertiary/aromatic N) is 3. The number of benzene rings is 2. The van der Waals surface area contributed by atoms with Crippen molar-refractivity contribution < 1.29 is 31.2 Å². The van der Waals surface area contributed by atoms with Gasteiger partial charge in [-0.1, -0.05) is 36.4 Å². The summed E-state index contributed by atoms with van der Waals surface area (Å²) in [5.41, 5.74) is -1.57. The Hall–Kier alpha value is -3.71. The summed E-state index contributed by atoms with van der Waals surface area (Å²) in [6.45, 7) is 1.82. The first-order valence-corrected chi connectivity index (χ1v) is 13.8. The molecule has 208 valence electrons. The Morgan fingerprint density at radius 3 is 2.23 bits per heavy atom. The van der Waals surface area contributed by atoms with Gasteiger partial charge >= 0.3 is 6.18 Å². The van der Waals surface area contributed by atoms with Crippen LogP contribution in [-0.2, 0) is 21.0 Å². The second-order valence-corrected chi connectivity index (χ2v) is 11.1. The van der Waals surface area contributed by atoms with Gasteiger partial charge in [-0.2, -0.15) is 22.6 Å². The number of sulfonamides is 1. The third-order valence-corrected chi connectivity index (χ3v) is 8.52. The van der Waals surface area contributed by atoms with Gasteiger partial charge in [0.1, 0.15) is 0 Å². The van der Waals surface area contributed by atoms with Crippen LogP contribution >= 0.6 is 0 Å². The van der Waals surface area contributed by atoms with Gasteiger partial charge in [-0.3, -0.25) is 9.59 Å². The molecular formula is C26H28F3N5O4S. The molecule has 2 unspecified atom stereocenters. The minimum atomic E-state index is -4.83. The van der Waals surface area contributed by atoms with Crippen LogP contribution in [0.25, 0.3) is 5.69 Å². The number of halogens is 3. The van der Waals surface area contributed by atoms with Crippen LogP contribution in [0, 0.1) is 5.92 Å². The molecule has 3 aromatic rings. The van der Waals surface area contributed by atoms with Crippen molar-refractivity contribution in [1.29, 1.82) is 0 Å². The molecule has 0 aliphatic carbocycles. The number of hydrogen-bond donors (Lipinski definition) is 2. The van der Waals surface area contributed by atoms with Crippen molar-refractivity contribution in [1.82, 2.24) is 24.7 Å². The van der Waals surface area contributed by atoms with E-state index >= 15 is 0 Å². The Kier molecular flexibility index (Phi) is 8.40. The lowest BCUT2D eigenvalue weighted by Gasteiger charge is -2.36. The summed E-state index contributed by atoms with van der Waals surface area (Å²) in [7, 11) is -3.68. The highest BCUT2D eigenvalue weighted by Gasteiger charge is 2.39. The average molecular weight is 564 g/mol. The van der Waals surface area contributed by atoms with Crippen LogP contribution in [0.1, 0.15) is 35.8 Å². The maximum Gasteiger partial charge on any atom is 0.435 e. The minimum Gasteiger partial charge on any atom is -0.354 e. The van der Waals surface area contributed by atoms with Crippen LogP contribution in [0.3, 0.4) is 0 Å². The predicted molar refractivity (Wildman–Crippen MR) is 136 cm³/mol. The molecule has 1 fully saturated rings. The maximum absolute atomic E-state index is 13.5. The molecule has 2 atom stereocenters. The van der Waals surface area contributed by atoms with E-state index in [0.717, 1.165) is 10.9 Å². The number of piperidine rings is 1. The number of rotatable bonds is 8. The van der Waals surface area contributed by atoms with E-state index in [4.69, 9.17) is 0 Å². The summed E-state index contributed by atoms with van der Waals surface area (Å²) in [5.74, 6) is -1.70. The van der Waals surface area contributed by atoms with Crippen molar-refractivity contribution in [3.63, 3.8) is 0 Å². The highest BCUT2D eigenvalue weighted by Crippen LogP contribution is 2.31. The first-order valence-electron chi connectivity index (χ1n) is 12.3. The van der Waals surface area contributed by atoms with Crippen LogP contribution in [0.4, 0.5) is 13.2 Å². The average Bonchev–Trinajstić information content (AvgIpc) is 3.38. The smallest absolute Gasteiger partial charge is 0.354 e. The summed E-state index contributed by atoms with van der Waals surface area (Å²) < 4.78 is 68.8. The van der Waals surface area contributed by atoms with Gasteiger partial charge in [-0.15, -0.1) is 0 Å². The quantitative estimate of drug-likeness (QED) is 0.409. The second-order valence-electron chi connectivity index (χ2n) is 9.22. The molecule has 0 spiro atoms. The highest BCUT2D eigenvalue weighted by molar-refractivity contribution is 7.89. The molecule has 13 heteroatoms. The van der Waals surface area contributed by atoms with Crippen LogP contribution < -0.4 is 10.6 Å². The normalized spacial score (nSPS) is 18.5. The molecule has 2 N–H and O–H groups in total. The molecule has 2 aromatic carbocycles. The van der Waals surface area contributed by atoms with Gasteiger partial charge in [0.05, 0.1) is 16.1 Å². The summed E-state index contributed by atoms with van der Waals surface area (Å²) in [4.78, 5) is 25.4. The SMILES string of the molecule is CC1CC(C(=O)NCCNC(=O)c2cn(-c3ccccc3)nc2C(F)(F)F)CCN1S(=O)(=O)c1ccccc1. The molecule has 2 heterocycles. The van der Waals surface area contributed by atoms with Gasteiger partial charge in [0, 0.05) is 37.8 Å². The minimum absolute atomic E-state index is 0.00431. The van der Waals surface area contributed by atoms with E-state index in [-0.39, 0.29) is 30.4 Å². The summed E-state index contributed by atoms with van der Waals surface area (Å²) in [6, 6.07) is 15.8. The first kappa shape index (κ1) is 28.3. The van der Waals surface area contributed by atoms with Gasteiger partial charge in [-0.25, -0.2) is 13.1 Å². The molecule has 1 saturated heterocycles. The standard InChI is InChI=1S/C26H28F3N5O4S/c1-18-16-19(12-15-34(18)39(37,38)21-10-6-3-7-11-21)24(35)30-13-14-31-25(36)22-17-33(20-8-4-2-5-9-20)32-23(22)26(27,28)29/h2-11,17-19H,12-16H2,1H3,(H,30,35)(H,31,36). The van der Waals surface area contributed by atoms with E-state index in [2.05, 4.69) is 15.7 Å². The van der Waals surface area contributed by atoms with Crippen LogP contribution in [0.5, 0.6) is 0 Å². The monoisotopic (exact) mass is 563 g/mol. The lowest BCUT2D eigenvalue weighted by atomic mass is 9.92. The van der Waals surface area contributed by atoms with Crippen molar-refractivity contribution >= 4 is 21.8 Å². The molecule has 0 radical (unpaired) electrons. The van der Waals surface area contributed by atoms with E-state index in [1.807, 2.05) is 0 Å². The van der Waals surface area contributed by atoms with E-state index < -0.39 is 45.3 Å². The van der Waals surface area contributed by atoms with Crippen molar-refractivity contribution in [3.8, 4) is 5.69 Å². The van der Waals surface area contributed by atoms with Gasteiger partial charge in [0.25, 0.3) is 5.91 Å². The number of amides is 2. The zero-order valence-electron chi connectivity index (χ0n) is 21.1. The molecule has 0 bridgehead atoms. The Morgan fingerprint density at radius 1 is 1.00 bits per heavy atom. The molecule has 0 saturated carbocycles. The topological polar surface area (TPSA) is 113 Å². The fourth-order valence-corrected chi connectivity index (χ4v) is 6.21. The molecule has 9 nitrogen and oxygen atoms in total. The third-order valence-electron chi connectivity index (χ3n) is 6.49. The van der Waals surface area contributed by atoms with Crippen molar-refractivity contribution in [3.05, 3.63) is 78.1 Å². The number of hydrogen-bond acceptors (Lipinski definition) is 5. The molecule has 1 aliphatic heterocycles. The molecule has 1 aromatic heterocycles. The van der Waals surface area contributed by atoms with Crippen molar-refractivity contribution in [2.45, 2.75) is 36.9 Å². The Balaban J connectivity index is 1.30. The van der Waals surface area contributed by atoms with Crippen molar-refractivity contribution in [2.24, 2.45) is 5.92 Å². The predicted octanol–water partition coefficient (Wildman–Crippen LogP) is 3.23. The number of nitrogens with one attached hydrogen (secondary N) is 2. The highest BCUT2D eigenvalue weighted by atomic mass is 32.2.